The van der Waals surface area contributed by atoms with Gasteiger partial charge >= 0.3 is 5.97 Å². The van der Waals surface area contributed by atoms with Gasteiger partial charge in [-0.1, -0.05) is 12.1 Å². The number of benzene rings is 1. The fourth-order valence-electron chi connectivity index (χ4n) is 3.90. The lowest BCUT2D eigenvalue weighted by Gasteiger charge is -2.42. The second-order valence-electron chi connectivity index (χ2n) is 7.66. The zero-order valence-electron chi connectivity index (χ0n) is 16.8. The zero-order valence-corrected chi connectivity index (χ0v) is 16.8. The van der Waals surface area contributed by atoms with Crippen molar-refractivity contribution in [2.45, 2.75) is 39.4 Å². The smallest absolute Gasteiger partial charge is 0.341 e. The standard InChI is InChI=1S/C22H29N3O3/c1-16(2)25-10-9-24(13-17(25)3)14-20-11-18(19-5-4-8-23-12-19)6-7-21(20)28-15-22(26)27/h4-8,11-12,16-17H,9-10,13-15H2,1-3H3,(H,26,27)/t17-/m1/s1. The second-order valence-corrected chi connectivity index (χ2v) is 7.66. The summed E-state index contributed by atoms with van der Waals surface area (Å²) in [6.45, 7) is 10.1. The van der Waals surface area contributed by atoms with Crippen LogP contribution in [0.2, 0.25) is 0 Å². The molecular formula is C22H29N3O3. The molecule has 1 saturated heterocycles. The van der Waals surface area contributed by atoms with Gasteiger partial charge in [0.25, 0.3) is 0 Å². The van der Waals surface area contributed by atoms with Gasteiger partial charge in [-0.2, -0.15) is 0 Å². The van der Waals surface area contributed by atoms with E-state index in [1.54, 1.807) is 6.20 Å². The third kappa shape index (κ3) is 5.09. The van der Waals surface area contributed by atoms with E-state index in [0.29, 0.717) is 17.8 Å². The van der Waals surface area contributed by atoms with Gasteiger partial charge in [-0.3, -0.25) is 14.8 Å². The molecule has 2 heterocycles. The Labute approximate surface area is 166 Å². The van der Waals surface area contributed by atoms with Crippen LogP contribution in [0.4, 0.5) is 0 Å². The van der Waals surface area contributed by atoms with Crippen LogP contribution in [0.1, 0.15) is 26.3 Å². The van der Waals surface area contributed by atoms with E-state index in [2.05, 4.69) is 41.6 Å². The van der Waals surface area contributed by atoms with Crippen LogP contribution in [0.5, 0.6) is 5.75 Å². The average Bonchev–Trinajstić information content (AvgIpc) is 2.67. The van der Waals surface area contributed by atoms with E-state index in [1.807, 2.05) is 30.5 Å². The van der Waals surface area contributed by atoms with Crippen LogP contribution < -0.4 is 4.74 Å². The third-order valence-corrected chi connectivity index (χ3v) is 5.23. The third-order valence-electron chi connectivity index (χ3n) is 5.23. The fourth-order valence-corrected chi connectivity index (χ4v) is 3.90. The maximum Gasteiger partial charge on any atom is 0.341 e. The predicted molar refractivity (Wildman–Crippen MR) is 109 cm³/mol. The summed E-state index contributed by atoms with van der Waals surface area (Å²) in [7, 11) is 0. The number of piperazine rings is 1. The van der Waals surface area contributed by atoms with Gasteiger partial charge < -0.3 is 9.84 Å². The van der Waals surface area contributed by atoms with Crippen molar-refractivity contribution >= 4 is 5.97 Å². The highest BCUT2D eigenvalue weighted by Gasteiger charge is 2.26. The Morgan fingerprint density at radius 1 is 1.29 bits per heavy atom. The molecule has 3 rings (SSSR count). The van der Waals surface area contributed by atoms with Crippen molar-refractivity contribution in [2.75, 3.05) is 26.2 Å². The minimum absolute atomic E-state index is 0.337. The number of hydrogen-bond donors (Lipinski definition) is 1. The van der Waals surface area contributed by atoms with E-state index in [1.165, 1.54) is 0 Å². The van der Waals surface area contributed by atoms with Crippen LogP contribution in [0.25, 0.3) is 11.1 Å². The highest BCUT2D eigenvalue weighted by atomic mass is 16.5. The van der Waals surface area contributed by atoms with Crippen LogP contribution in [-0.2, 0) is 11.3 Å². The lowest BCUT2D eigenvalue weighted by molar-refractivity contribution is -0.139. The van der Waals surface area contributed by atoms with Crippen LogP contribution in [0, 0.1) is 0 Å². The van der Waals surface area contributed by atoms with E-state index in [9.17, 15) is 4.79 Å². The highest BCUT2D eigenvalue weighted by Crippen LogP contribution is 2.28. The number of carboxylic acid groups (broad SMARTS) is 1. The molecule has 0 saturated carbocycles. The van der Waals surface area contributed by atoms with Gasteiger partial charge in [0.15, 0.2) is 6.61 Å². The van der Waals surface area contributed by atoms with E-state index in [4.69, 9.17) is 9.84 Å². The quantitative estimate of drug-likeness (QED) is 0.792. The van der Waals surface area contributed by atoms with Gasteiger partial charge in [-0.15, -0.1) is 0 Å². The van der Waals surface area contributed by atoms with Crippen molar-refractivity contribution in [3.8, 4) is 16.9 Å². The van der Waals surface area contributed by atoms with Crippen molar-refractivity contribution in [1.29, 1.82) is 0 Å². The number of rotatable bonds is 7. The predicted octanol–water partition coefficient (Wildman–Crippen LogP) is 3.13. The number of ether oxygens (including phenoxy) is 1. The SMILES string of the molecule is CC(C)N1CCN(Cc2cc(-c3cccnc3)ccc2OCC(=O)O)C[C@H]1C. The van der Waals surface area contributed by atoms with E-state index >= 15 is 0 Å². The van der Waals surface area contributed by atoms with Gasteiger partial charge in [-0.25, -0.2) is 4.79 Å². The summed E-state index contributed by atoms with van der Waals surface area (Å²) in [6, 6.07) is 10.9. The van der Waals surface area contributed by atoms with Gasteiger partial charge in [0.05, 0.1) is 0 Å². The number of carbonyl (C=O) groups is 1. The molecule has 0 spiro atoms. The Morgan fingerprint density at radius 2 is 2.11 bits per heavy atom. The molecule has 1 N–H and O–H groups in total. The molecule has 1 atom stereocenters. The monoisotopic (exact) mass is 383 g/mol. The molecule has 6 nitrogen and oxygen atoms in total. The zero-order chi connectivity index (χ0) is 20.1. The average molecular weight is 383 g/mol. The van der Waals surface area contributed by atoms with Crippen molar-refractivity contribution in [3.63, 3.8) is 0 Å². The first-order valence-corrected chi connectivity index (χ1v) is 9.80. The summed E-state index contributed by atoms with van der Waals surface area (Å²) in [5, 5.41) is 8.99. The molecule has 28 heavy (non-hydrogen) atoms. The normalized spacial score (nSPS) is 18.4. The number of pyridine rings is 1. The molecular weight excluding hydrogens is 354 g/mol. The fraction of sp³-hybridized carbons (Fsp3) is 0.455. The van der Waals surface area contributed by atoms with E-state index in [-0.39, 0.29) is 6.61 Å². The molecule has 0 aliphatic carbocycles. The maximum atomic E-state index is 11.0. The lowest BCUT2D eigenvalue weighted by Crippen LogP contribution is -2.53. The summed E-state index contributed by atoms with van der Waals surface area (Å²) in [5.41, 5.74) is 3.10. The molecule has 1 aliphatic rings. The number of aliphatic carboxylic acids is 1. The van der Waals surface area contributed by atoms with Crippen molar-refractivity contribution in [3.05, 3.63) is 48.3 Å². The molecule has 0 amide bonds. The number of carboxylic acids is 1. The van der Waals surface area contributed by atoms with Crippen LogP contribution in [0.3, 0.4) is 0 Å². The maximum absolute atomic E-state index is 11.0. The first-order valence-electron chi connectivity index (χ1n) is 9.80. The minimum Gasteiger partial charge on any atom is -0.482 e. The minimum atomic E-state index is -0.971. The Morgan fingerprint density at radius 3 is 2.75 bits per heavy atom. The molecule has 1 fully saturated rings. The second kappa shape index (κ2) is 9.17. The molecule has 0 bridgehead atoms. The first-order chi connectivity index (χ1) is 13.4. The Balaban J connectivity index is 1.81. The lowest BCUT2D eigenvalue weighted by atomic mass is 10.0. The van der Waals surface area contributed by atoms with E-state index in [0.717, 1.165) is 42.9 Å². The van der Waals surface area contributed by atoms with Crippen LogP contribution in [-0.4, -0.2) is 64.2 Å². The van der Waals surface area contributed by atoms with Crippen molar-refractivity contribution in [1.82, 2.24) is 14.8 Å². The van der Waals surface area contributed by atoms with Gasteiger partial charge in [0, 0.05) is 61.8 Å². The molecule has 150 valence electrons. The van der Waals surface area contributed by atoms with Gasteiger partial charge in [0.2, 0.25) is 0 Å². The largest absolute Gasteiger partial charge is 0.482 e. The summed E-state index contributed by atoms with van der Waals surface area (Å²) in [6.07, 6.45) is 3.59. The van der Waals surface area contributed by atoms with E-state index < -0.39 is 5.97 Å². The first kappa shape index (κ1) is 20.3. The summed E-state index contributed by atoms with van der Waals surface area (Å²) >= 11 is 0. The number of hydrogen-bond acceptors (Lipinski definition) is 5. The molecule has 0 unspecified atom stereocenters. The molecule has 1 aromatic heterocycles. The summed E-state index contributed by atoms with van der Waals surface area (Å²) < 4.78 is 5.56. The summed E-state index contributed by atoms with van der Waals surface area (Å²) in [5.74, 6) is -0.338. The van der Waals surface area contributed by atoms with Gasteiger partial charge in [0.1, 0.15) is 5.75 Å². The Kier molecular flexibility index (Phi) is 6.65. The molecule has 6 heteroatoms. The topological polar surface area (TPSA) is 65.9 Å². The number of aromatic nitrogens is 1. The Hall–Kier alpha value is -2.44. The van der Waals surface area contributed by atoms with Crippen molar-refractivity contribution in [2.24, 2.45) is 0 Å². The summed E-state index contributed by atoms with van der Waals surface area (Å²) in [4.78, 5) is 20.1. The van der Waals surface area contributed by atoms with Crippen LogP contribution in [0.15, 0.2) is 42.7 Å². The van der Waals surface area contributed by atoms with Crippen molar-refractivity contribution < 1.29 is 14.6 Å². The van der Waals surface area contributed by atoms with Gasteiger partial charge in [-0.05, 0) is 44.5 Å². The number of nitrogens with zero attached hydrogens (tertiary/aromatic N) is 3. The van der Waals surface area contributed by atoms with Crippen LogP contribution >= 0.6 is 0 Å². The molecule has 0 radical (unpaired) electrons. The molecule has 1 aromatic carbocycles. The molecule has 1 aliphatic heterocycles. The Bertz CT molecular complexity index is 795. The highest BCUT2D eigenvalue weighted by molar-refractivity contribution is 5.69. The molecule has 2 aromatic rings.